The minimum atomic E-state index is -0.0960. The summed E-state index contributed by atoms with van der Waals surface area (Å²) in [7, 11) is 0. The molecule has 0 bridgehead atoms. The lowest BCUT2D eigenvalue weighted by atomic mass is 10.1. The van der Waals surface area contributed by atoms with Crippen LogP contribution in [0.3, 0.4) is 0 Å². The molecule has 2 aromatic rings. The van der Waals surface area contributed by atoms with Crippen LogP contribution in [0.2, 0.25) is 0 Å². The van der Waals surface area contributed by atoms with Gasteiger partial charge in [-0.15, -0.1) is 28.7 Å². The molecule has 1 N–H and O–H groups in total. The Morgan fingerprint density at radius 1 is 0.892 bits per heavy atom. The second-order valence-electron chi connectivity index (χ2n) is 9.75. The Hall–Kier alpha value is -1.92. The molecule has 3 rings (SSSR count). The molecule has 2 aromatic carbocycles. The molecule has 204 valence electrons. The molecule has 0 aliphatic carbocycles. The summed E-state index contributed by atoms with van der Waals surface area (Å²) in [5.74, 6) is 1.67. The standard InChI is InChI=1S/C31H44N2O2S.BrH/c1-2-3-4-5-6-7-8-9-10-11-12-13-21-35-30-19-15-18-29(24-30)32-31(34)28-17-14-16-27(23-28)25-33-20-22-36-26-33;/h14-20,22-24H,2-13,21,25-26H2,1H3,(H,32,34);1H. The summed E-state index contributed by atoms with van der Waals surface area (Å²) in [5.41, 5.74) is 2.57. The van der Waals surface area contributed by atoms with Crippen LogP contribution in [0.5, 0.6) is 5.75 Å². The predicted molar refractivity (Wildman–Crippen MR) is 165 cm³/mol. The van der Waals surface area contributed by atoms with Gasteiger partial charge in [0.25, 0.3) is 5.91 Å². The Morgan fingerprint density at radius 3 is 2.24 bits per heavy atom. The van der Waals surface area contributed by atoms with E-state index in [9.17, 15) is 4.79 Å². The van der Waals surface area contributed by atoms with E-state index in [1.807, 2.05) is 42.5 Å². The van der Waals surface area contributed by atoms with Crippen LogP contribution in [0.1, 0.15) is 99.9 Å². The Morgan fingerprint density at radius 2 is 1.57 bits per heavy atom. The van der Waals surface area contributed by atoms with Crippen molar-refractivity contribution in [2.24, 2.45) is 0 Å². The molecule has 1 amide bonds. The highest BCUT2D eigenvalue weighted by Crippen LogP contribution is 2.21. The van der Waals surface area contributed by atoms with Crippen molar-refractivity contribution in [2.75, 3.05) is 17.8 Å². The number of hydrogen-bond donors (Lipinski definition) is 1. The Labute approximate surface area is 239 Å². The van der Waals surface area contributed by atoms with Crippen LogP contribution in [0.15, 0.2) is 60.1 Å². The largest absolute Gasteiger partial charge is 0.494 e. The molecule has 0 unspecified atom stereocenters. The van der Waals surface area contributed by atoms with E-state index in [1.165, 1.54) is 70.6 Å². The van der Waals surface area contributed by atoms with Crippen molar-refractivity contribution in [3.63, 3.8) is 0 Å². The molecule has 0 aromatic heterocycles. The van der Waals surface area contributed by atoms with E-state index in [0.29, 0.717) is 5.56 Å². The van der Waals surface area contributed by atoms with Gasteiger partial charge in [-0.05, 0) is 41.7 Å². The van der Waals surface area contributed by atoms with E-state index < -0.39 is 0 Å². The summed E-state index contributed by atoms with van der Waals surface area (Å²) in [4.78, 5) is 15.1. The highest BCUT2D eigenvalue weighted by molar-refractivity contribution is 8.93. The van der Waals surface area contributed by atoms with Crippen molar-refractivity contribution in [1.82, 2.24) is 4.90 Å². The first-order chi connectivity index (χ1) is 17.7. The average molecular weight is 590 g/mol. The van der Waals surface area contributed by atoms with Gasteiger partial charge >= 0.3 is 0 Å². The monoisotopic (exact) mass is 588 g/mol. The first kappa shape index (κ1) is 31.3. The topological polar surface area (TPSA) is 41.6 Å². The lowest BCUT2D eigenvalue weighted by molar-refractivity contribution is 0.102. The van der Waals surface area contributed by atoms with Crippen LogP contribution in [-0.2, 0) is 6.54 Å². The number of nitrogens with zero attached hydrogens (tertiary/aromatic N) is 1. The zero-order valence-electron chi connectivity index (χ0n) is 22.5. The second-order valence-corrected chi connectivity index (χ2v) is 10.6. The van der Waals surface area contributed by atoms with Crippen LogP contribution < -0.4 is 10.1 Å². The number of unbranched alkanes of at least 4 members (excludes halogenated alkanes) is 11. The third-order valence-corrected chi connectivity index (χ3v) is 7.34. The quantitative estimate of drug-likeness (QED) is 0.176. The molecule has 0 spiro atoms. The first-order valence-corrected chi connectivity index (χ1v) is 14.9. The van der Waals surface area contributed by atoms with E-state index in [1.54, 1.807) is 11.8 Å². The highest BCUT2D eigenvalue weighted by Gasteiger charge is 2.10. The van der Waals surface area contributed by atoms with Crippen LogP contribution in [0.25, 0.3) is 0 Å². The summed E-state index contributed by atoms with van der Waals surface area (Å²) in [5, 5.41) is 5.12. The summed E-state index contributed by atoms with van der Waals surface area (Å²) in [6.45, 7) is 3.81. The second kappa shape index (κ2) is 19.2. The molecular weight excluding hydrogens is 544 g/mol. The molecule has 37 heavy (non-hydrogen) atoms. The summed E-state index contributed by atoms with van der Waals surface area (Å²) >= 11 is 1.78. The fraction of sp³-hybridized carbons (Fsp3) is 0.516. The molecule has 0 radical (unpaired) electrons. The van der Waals surface area contributed by atoms with Gasteiger partial charge in [-0.1, -0.05) is 95.8 Å². The van der Waals surface area contributed by atoms with Gasteiger partial charge in [0.2, 0.25) is 0 Å². The van der Waals surface area contributed by atoms with Crippen LogP contribution in [-0.4, -0.2) is 23.3 Å². The molecule has 0 saturated heterocycles. The van der Waals surface area contributed by atoms with Crippen molar-refractivity contribution < 1.29 is 9.53 Å². The molecular formula is C31H45BrN2O2S. The van der Waals surface area contributed by atoms with Crippen LogP contribution >= 0.6 is 28.7 Å². The number of carbonyl (C=O) groups excluding carboxylic acids is 1. The Balaban J connectivity index is 0.00000481. The van der Waals surface area contributed by atoms with E-state index in [0.717, 1.165) is 42.4 Å². The normalized spacial score (nSPS) is 12.4. The molecule has 1 heterocycles. The lowest BCUT2D eigenvalue weighted by Gasteiger charge is -2.15. The van der Waals surface area contributed by atoms with E-state index in [4.69, 9.17) is 4.74 Å². The van der Waals surface area contributed by atoms with Crippen LogP contribution in [0.4, 0.5) is 5.69 Å². The molecule has 0 atom stereocenters. The van der Waals surface area contributed by atoms with Crippen molar-refractivity contribution in [2.45, 2.75) is 90.5 Å². The van der Waals surface area contributed by atoms with E-state index in [-0.39, 0.29) is 22.9 Å². The minimum Gasteiger partial charge on any atom is -0.494 e. The fourth-order valence-corrected chi connectivity index (χ4v) is 5.17. The zero-order valence-corrected chi connectivity index (χ0v) is 25.0. The number of halogens is 1. The lowest BCUT2D eigenvalue weighted by Crippen LogP contribution is -2.15. The number of thioether (sulfide) groups is 1. The minimum absolute atomic E-state index is 0. The van der Waals surface area contributed by atoms with Crippen molar-refractivity contribution in [1.29, 1.82) is 0 Å². The molecule has 0 fully saturated rings. The van der Waals surface area contributed by atoms with E-state index in [2.05, 4.69) is 34.8 Å². The van der Waals surface area contributed by atoms with Gasteiger partial charge in [-0.2, -0.15) is 0 Å². The maximum atomic E-state index is 12.8. The molecule has 0 saturated carbocycles. The Kier molecular flexibility index (Phi) is 16.2. The average Bonchev–Trinajstić information content (AvgIpc) is 3.40. The molecule has 4 nitrogen and oxygen atoms in total. The van der Waals surface area contributed by atoms with Gasteiger partial charge in [0.1, 0.15) is 5.75 Å². The van der Waals surface area contributed by atoms with Gasteiger partial charge in [0, 0.05) is 30.1 Å². The maximum absolute atomic E-state index is 12.8. The first-order valence-electron chi connectivity index (χ1n) is 13.9. The number of anilines is 1. The third-order valence-electron chi connectivity index (χ3n) is 6.54. The van der Waals surface area contributed by atoms with Gasteiger partial charge in [0.15, 0.2) is 0 Å². The smallest absolute Gasteiger partial charge is 0.255 e. The summed E-state index contributed by atoms with van der Waals surface area (Å²) < 4.78 is 5.95. The zero-order chi connectivity index (χ0) is 25.3. The highest BCUT2D eigenvalue weighted by atomic mass is 79.9. The SMILES string of the molecule is Br.CCCCCCCCCCCCCCOc1cccc(NC(=O)c2cccc(CN3C=CSC3)c2)c1. The van der Waals surface area contributed by atoms with Crippen molar-refractivity contribution in [3.8, 4) is 5.75 Å². The van der Waals surface area contributed by atoms with Gasteiger partial charge in [0.05, 0.1) is 12.5 Å². The fourth-order valence-electron chi connectivity index (χ4n) is 4.45. The number of amides is 1. The summed E-state index contributed by atoms with van der Waals surface area (Å²) in [6.07, 6.45) is 18.1. The van der Waals surface area contributed by atoms with Crippen molar-refractivity contribution >= 4 is 40.3 Å². The number of ether oxygens (including phenoxy) is 1. The molecule has 1 aliphatic heterocycles. The van der Waals surface area contributed by atoms with Crippen LogP contribution in [0, 0.1) is 0 Å². The molecule has 1 aliphatic rings. The predicted octanol–water partition coefficient (Wildman–Crippen LogP) is 9.57. The summed E-state index contributed by atoms with van der Waals surface area (Å²) in [6, 6.07) is 15.6. The number of rotatable bonds is 18. The van der Waals surface area contributed by atoms with Gasteiger partial charge in [-0.25, -0.2) is 0 Å². The van der Waals surface area contributed by atoms with Gasteiger partial charge < -0.3 is 15.0 Å². The van der Waals surface area contributed by atoms with E-state index >= 15 is 0 Å². The Bertz CT molecular complexity index is 937. The van der Waals surface area contributed by atoms with Gasteiger partial charge in [-0.3, -0.25) is 4.79 Å². The number of nitrogens with one attached hydrogen (secondary N) is 1. The number of carbonyl (C=O) groups is 1. The third kappa shape index (κ3) is 12.9. The number of benzene rings is 2. The van der Waals surface area contributed by atoms with Crippen molar-refractivity contribution in [3.05, 3.63) is 71.3 Å². The molecule has 6 heteroatoms. The maximum Gasteiger partial charge on any atom is 0.255 e. The number of hydrogen-bond acceptors (Lipinski definition) is 4.